The molecule has 1 atom stereocenters. The molecule has 0 aromatic carbocycles. The van der Waals surface area contributed by atoms with Crippen molar-refractivity contribution in [3.8, 4) is 17.3 Å². The Morgan fingerprint density at radius 1 is 1.21 bits per heavy atom. The van der Waals surface area contributed by atoms with Crippen LogP contribution in [0.25, 0.3) is 11.3 Å². The number of amides is 2. The van der Waals surface area contributed by atoms with Crippen molar-refractivity contribution >= 4 is 23.3 Å². The topological polar surface area (TPSA) is 133 Å². The highest BCUT2D eigenvalue weighted by Crippen LogP contribution is 2.30. The first kappa shape index (κ1) is 23.4. The van der Waals surface area contributed by atoms with E-state index in [0.717, 1.165) is 17.7 Å². The van der Waals surface area contributed by atoms with E-state index >= 15 is 0 Å². The first-order valence-corrected chi connectivity index (χ1v) is 10.5. The van der Waals surface area contributed by atoms with Gasteiger partial charge in [0.25, 0.3) is 0 Å². The summed E-state index contributed by atoms with van der Waals surface area (Å²) >= 11 is 0. The molecule has 178 valence electrons. The second-order valence-corrected chi connectivity index (χ2v) is 7.86. The van der Waals surface area contributed by atoms with E-state index in [1.807, 2.05) is 6.07 Å². The van der Waals surface area contributed by atoms with E-state index < -0.39 is 31.3 Å². The lowest BCUT2D eigenvalue weighted by Gasteiger charge is -2.36. The van der Waals surface area contributed by atoms with Gasteiger partial charge in [-0.1, -0.05) is 0 Å². The van der Waals surface area contributed by atoms with Gasteiger partial charge in [-0.25, -0.2) is 9.97 Å². The molecule has 3 heterocycles. The van der Waals surface area contributed by atoms with Gasteiger partial charge in [0.1, 0.15) is 6.07 Å². The van der Waals surface area contributed by atoms with Gasteiger partial charge >= 0.3 is 6.18 Å². The number of nitriles is 1. The molecule has 2 aromatic heterocycles. The molecule has 2 fully saturated rings. The summed E-state index contributed by atoms with van der Waals surface area (Å²) in [6, 6.07) is 1.36. The van der Waals surface area contributed by atoms with Crippen LogP contribution in [0.4, 0.5) is 24.7 Å². The summed E-state index contributed by atoms with van der Waals surface area (Å²) in [4.78, 5) is 37.5. The number of carbonyl (C=O) groups is 2. The molecule has 34 heavy (non-hydrogen) atoms. The molecule has 13 heteroatoms. The Morgan fingerprint density at radius 3 is 2.65 bits per heavy atom. The number of halogens is 3. The summed E-state index contributed by atoms with van der Waals surface area (Å²) in [5.74, 6) is -0.568. The second kappa shape index (κ2) is 9.60. The minimum Gasteiger partial charge on any atom is -0.377 e. The maximum Gasteiger partial charge on any atom is 0.411 e. The summed E-state index contributed by atoms with van der Waals surface area (Å²) in [6.45, 7) is -1.27. The van der Waals surface area contributed by atoms with Crippen LogP contribution in [-0.4, -0.2) is 70.2 Å². The molecular weight excluding hydrogens is 455 g/mol. The van der Waals surface area contributed by atoms with Gasteiger partial charge in [-0.2, -0.15) is 18.4 Å². The van der Waals surface area contributed by atoms with Crippen molar-refractivity contribution in [3.05, 3.63) is 30.4 Å². The number of morpholine rings is 1. The lowest BCUT2D eigenvalue weighted by atomic mass is 10.1. The van der Waals surface area contributed by atoms with Gasteiger partial charge in [0.05, 0.1) is 43.5 Å². The SMILES string of the molecule is N#Cc1ncc(-c2cnc(NC(=O)C3CC3)cn2)cc1NCC(=O)N1CCOCC1C(F)(F)F. The zero-order chi connectivity index (χ0) is 24.3. The highest BCUT2D eigenvalue weighted by molar-refractivity contribution is 5.93. The van der Waals surface area contributed by atoms with Gasteiger partial charge in [0.2, 0.25) is 11.8 Å². The predicted molar refractivity (Wildman–Crippen MR) is 112 cm³/mol. The molecular formula is C21H20F3N7O3. The van der Waals surface area contributed by atoms with Crippen molar-refractivity contribution in [2.24, 2.45) is 5.92 Å². The van der Waals surface area contributed by atoms with Gasteiger partial charge in [-0.05, 0) is 18.9 Å². The number of pyridine rings is 1. The predicted octanol–water partition coefficient (Wildman–Crippen LogP) is 1.96. The highest BCUT2D eigenvalue weighted by atomic mass is 19.4. The Kier molecular flexibility index (Phi) is 6.60. The molecule has 1 saturated heterocycles. The zero-order valence-corrected chi connectivity index (χ0v) is 17.8. The number of hydrogen-bond donors (Lipinski definition) is 2. The van der Waals surface area contributed by atoms with Crippen LogP contribution in [-0.2, 0) is 14.3 Å². The Balaban J connectivity index is 1.45. The van der Waals surface area contributed by atoms with Gasteiger partial charge in [-0.3, -0.25) is 14.6 Å². The Bertz CT molecular complexity index is 1110. The van der Waals surface area contributed by atoms with Crippen LogP contribution in [0, 0.1) is 17.2 Å². The van der Waals surface area contributed by atoms with Crippen LogP contribution in [0.15, 0.2) is 24.7 Å². The molecule has 2 amide bonds. The van der Waals surface area contributed by atoms with Crippen LogP contribution in [0.3, 0.4) is 0 Å². The van der Waals surface area contributed by atoms with Crippen molar-refractivity contribution < 1.29 is 27.5 Å². The smallest absolute Gasteiger partial charge is 0.377 e. The first-order valence-electron chi connectivity index (χ1n) is 10.5. The fourth-order valence-electron chi connectivity index (χ4n) is 3.39. The molecule has 0 radical (unpaired) electrons. The van der Waals surface area contributed by atoms with E-state index in [1.165, 1.54) is 24.7 Å². The van der Waals surface area contributed by atoms with Gasteiger partial charge in [-0.15, -0.1) is 0 Å². The number of hydrogen-bond acceptors (Lipinski definition) is 8. The van der Waals surface area contributed by atoms with Crippen LogP contribution < -0.4 is 10.6 Å². The van der Waals surface area contributed by atoms with E-state index in [1.54, 1.807) is 0 Å². The molecule has 1 saturated carbocycles. The largest absolute Gasteiger partial charge is 0.411 e. The van der Waals surface area contributed by atoms with Crippen molar-refractivity contribution in [2.45, 2.75) is 25.1 Å². The van der Waals surface area contributed by atoms with Crippen LogP contribution in [0.5, 0.6) is 0 Å². The Labute approximate surface area is 192 Å². The standard InChI is InChI=1S/C21H20F3N7O3/c22-21(23,24)17-11-34-4-3-31(17)19(32)10-28-14-5-13(7-26-15(14)6-25)16-8-29-18(9-27-16)30-20(33)12-1-2-12/h5,7-9,12,17,28H,1-4,10-11H2,(H,29,30,33). The third-order valence-electron chi connectivity index (χ3n) is 5.40. The van der Waals surface area contributed by atoms with Crippen molar-refractivity contribution in [1.82, 2.24) is 19.9 Å². The van der Waals surface area contributed by atoms with Crippen LogP contribution in [0.1, 0.15) is 18.5 Å². The van der Waals surface area contributed by atoms with E-state index in [4.69, 9.17) is 4.74 Å². The summed E-state index contributed by atoms with van der Waals surface area (Å²) in [6.07, 6.45) is 1.30. The monoisotopic (exact) mass is 475 g/mol. The zero-order valence-electron chi connectivity index (χ0n) is 17.8. The van der Waals surface area contributed by atoms with E-state index in [9.17, 15) is 28.0 Å². The third-order valence-corrected chi connectivity index (χ3v) is 5.40. The Morgan fingerprint density at radius 2 is 2.00 bits per heavy atom. The summed E-state index contributed by atoms with van der Waals surface area (Å²) < 4.78 is 44.6. The fraction of sp³-hybridized carbons (Fsp3) is 0.429. The average molecular weight is 475 g/mol. The molecule has 1 unspecified atom stereocenters. The van der Waals surface area contributed by atoms with E-state index in [2.05, 4.69) is 25.6 Å². The number of anilines is 2. The van der Waals surface area contributed by atoms with Crippen molar-refractivity contribution in [1.29, 1.82) is 5.26 Å². The molecule has 0 spiro atoms. The van der Waals surface area contributed by atoms with Gasteiger partial charge < -0.3 is 20.3 Å². The maximum absolute atomic E-state index is 13.2. The van der Waals surface area contributed by atoms with E-state index in [0.29, 0.717) is 17.1 Å². The molecule has 4 rings (SSSR count). The number of ether oxygens (including phenoxy) is 1. The molecule has 0 bridgehead atoms. The number of rotatable bonds is 6. The molecule has 1 aliphatic carbocycles. The molecule has 2 aromatic rings. The summed E-state index contributed by atoms with van der Waals surface area (Å²) in [5, 5.41) is 14.7. The summed E-state index contributed by atoms with van der Waals surface area (Å²) in [5.41, 5.74) is 0.979. The number of nitrogens with zero attached hydrogens (tertiary/aromatic N) is 5. The summed E-state index contributed by atoms with van der Waals surface area (Å²) in [7, 11) is 0. The van der Waals surface area contributed by atoms with Crippen molar-refractivity contribution in [3.63, 3.8) is 0 Å². The number of carbonyl (C=O) groups excluding carboxylic acids is 2. The molecule has 2 N–H and O–H groups in total. The van der Waals surface area contributed by atoms with Crippen molar-refractivity contribution in [2.75, 3.05) is 36.9 Å². The average Bonchev–Trinajstić information content (AvgIpc) is 3.68. The first-order chi connectivity index (χ1) is 16.3. The fourth-order valence-corrected chi connectivity index (χ4v) is 3.39. The van der Waals surface area contributed by atoms with Crippen LogP contribution >= 0.6 is 0 Å². The van der Waals surface area contributed by atoms with Crippen LogP contribution in [0.2, 0.25) is 0 Å². The molecule has 10 nitrogen and oxygen atoms in total. The third kappa shape index (κ3) is 5.40. The number of aromatic nitrogens is 3. The van der Waals surface area contributed by atoms with E-state index in [-0.39, 0.29) is 36.4 Å². The van der Waals surface area contributed by atoms with Gasteiger partial charge in [0, 0.05) is 24.2 Å². The quantitative estimate of drug-likeness (QED) is 0.648. The second-order valence-electron chi connectivity index (χ2n) is 7.86. The lowest BCUT2D eigenvalue weighted by molar-refractivity contribution is -0.212. The maximum atomic E-state index is 13.2. The molecule has 1 aliphatic heterocycles. The minimum atomic E-state index is -4.61. The Hall–Kier alpha value is -3.79. The lowest BCUT2D eigenvalue weighted by Crippen LogP contribution is -2.56. The molecule has 2 aliphatic rings. The normalized spacial score (nSPS) is 18.2. The number of alkyl halides is 3. The number of nitrogens with one attached hydrogen (secondary N) is 2. The van der Waals surface area contributed by atoms with Gasteiger partial charge in [0.15, 0.2) is 17.6 Å². The minimum absolute atomic E-state index is 0.00851. The highest BCUT2D eigenvalue weighted by Gasteiger charge is 2.47.